The fraction of sp³-hybridized carbons (Fsp3) is 0.385. The minimum atomic E-state index is -0.996. The summed E-state index contributed by atoms with van der Waals surface area (Å²) in [6.07, 6.45) is 0.423. The van der Waals surface area contributed by atoms with E-state index in [1.807, 2.05) is 0 Å². The van der Waals surface area contributed by atoms with Crippen LogP contribution < -0.4 is 0 Å². The van der Waals surface area contributed by atoms with Crippen molar-refractivity contribution < 1.29 is 14.3 Å². The van der Waals surface area contributed by atoms with Gasteiger partial charge in [0.2, 0.25) is 0 Å². The van der Waals surface area contributed by atoms with Crippen LogP contribution >= 0.6 is 15.9 Å². The van der Waals surface area contributed by atoms with E-state index in [0.717, 1.165) is 0 Å². The largest absolute Gasteiger partial charge is 0.481 e. The number of carbonyl (C=O) groups is 1. The first-order valence-electron chi connectivity index (χ1n) is 6.32. The highest BCUT2D eigenvalue weighted by Gasteiger charge is 2.33. The molecule has 0 spiro atoms. The summed E-state index contributed by atoms with van der Waals surface area (Å²) in [6, 6.07) is 4.17. The summed E-state index contributed by atoms with van der Waals surface area (Å²) in [5.74, 6) is -1.02. The van der Waals surface area contributed by atoms with E-state index in [1.54, 1.807) is 19.9 Å². The number of benzene rings is 1. The molecule has 0 amide bonds. The third-order valence-corrected chi connectivity index (χ3v) is 4.19. The molecule has 21 heavy (non-hydrogen) atoms. The molecule has 1 aromatic heterocycles. The van der Waals surface area contributed by atoms with Crippen molar-refractivity contribution in [1.29, 1.82) is 0 Å². The number of rotatable bonds is 5. The second-order valence-corrected chi connectivity index (χ2v) is 5.86. The number of hydrogen-bond donors (Lipinski definition) is 1. The van der Waals surface area contributed by atoms with Gasteiger partial charge in [-0.25, -0.2) is 9.07 Å². The van der Waals surface area contributed by atoms with Crippen LogP contribution in [-0.4, -0.2) is 31.3 Å². The molecule has 1 heterocycles. The van der Waals surface area contributed by atoms with Crippen LogP contribution in [0.4, 0.5) is 4.39 Å². The van der Waals surface area contributed by atoms with E-state index >= 15 is 0 Å². The normalized spacial score (nSPS) is 13.9. The molecule has 0 bridgehead atoms. The summed E-state index contributed by atoms with van der Waals surface area (Å²) in [5, 5.41) is 20.6. The molecule has 0 saturated heterocycles. The van der Waals surface area contributed by atoms with Gasteiger partial charge < -0.3 is 5.11 Å². The SMILES string of the molecule is CCC(C)(Cn1nnnc1-c1cc(F)ccc1Br)C(=O)O. The molecule has 1 atom stereocenters. The maximum atomic E-state index is 13.4. The molecule has 0 saturated carbocycles. The maximum Gasteiger partial charge on any atom is 0.311 e. The van der Waals surface area contributed by atoms with Gasteiger partial charge in [0, 0.05) is 10.0 Å². The number of carboxylic acid groups (broad SMARTS) is 1. The number of halogens is 2. The first-order chi connectivity index (χ1) is 9.87. The third kappa shape index (κ3) is 3.10. The lowest BCUT2D eigenvalue weighted by Gasteiger charge is -2.22. The van der Waals surface area contributed by atoms with Crippen molar-refractivity contribution in [2.24, 2.45) is 5.41 Å². The van der Waals surface area contributed by atoms with E-state index in [1.165, 1.54) is 16.8 Å². The van der Waals surface area contributed by atoms with Crippen molar-refractivity contribution in [3.8, 4) is 11.4 Å². The lowest BCUT2D eigenvalue weighted by molar-refractivity contribution is -0.149. The Kier molecular flexibility index (Phi) is 4.36. The van der Waals surface area contributed by atoms with Crippen LogP contribution in [0, 0.1) is 11.2 Å². The average Bonchev–Trinajstić information content (AvgIpc) is 2.89. The molecule has 1 N–H and O–H groups in total. The van der Waals surface area contributed by atoms with Gasteiger partial charge in [-0.05, 0) is 42.0 Å². The summed E-state index contributed by atoms with van der Waals surface area (Å²) < 4.78 is 15.4. The molecular formula is C13H14BrFN4O2. The van der Waals surface area contributed by atoms with Crippen molar-refractivity contribution in [3.05, 3.63) is 28.5 Å². The predicted molar refractivity (Wildman–Crippen MR) is 76.9 cm³/mol. The molecular weight excluding hydrogens is 343 g/mol. The van der Waals surface area contributed by atoms with Gasteiger partial charge in [0.15, 0.2) is 5.82 Å². The van der Waals surface area contributed by atoms with Gasteiger partial charge in [0.25, 0.3) is 0 Å². The summed E-state index contributed by atoms with van der Waals surface area (Å²) in [6.45, 7) is 3.52. The van der Waals surface area contributed by atoms with Crippen LogP contribution in [0.2, 0.25) is 0 Å². The van der Waals surface area contributed by atoms with Crippen LogP contribution in [0.25, 0.3) is 11.4 Å². The first-order valence-corrected chi connectivity index (χ1v) is 7.11. The Morgan fingerprint density at radius 2 is 2.24 bits per heavy atom. The Morgan fingerprint density at radius 3 is 2.86 bits per heavy atom. The monoisotopic (exact) mass is 356 g/mol. The smallest absolute Gasteiger partial charge is 0.311 e. The molecule has 2 aromatic rings. The molecule has 0 fully saturated rings. The zero-order chi connectivity index (χ0) is 15.6. The number of carboxylic acids is 1. The second-order valence-electron chi connectivity index (χ2n) is 5.00. The summed E-state index contributed by atoms with van der Waals surface area (Å²) in [7, 11) is 0. The minimum absolute atomic E-state index is 0.101. The Balaban J connectivity index is 2.44. The van der Waals surface area contributed by atoms with Crippen LogP contribution in [0.1, 0.15) is 20.3 Å². The standard InChI is InChI=1S/C13H14BrFN4O2/c1-3-13(2,12(20)21)7-19-11(16-17-18-19)9-6-8(15)4-5-10(9)14/h4-6H,3,7H2,1-2H3,(H,20,21). The van der Waals surface area contributed by atoms with E-state index in [2.05, 4.69) is 31.5 Å². The lowest BCUT2D eigenvalue weighted by atomic mass is 9.88. The van der Waals surface area contributed by atoms with Crippen molar-refractivity contribution in [1.82, 2.24) is 20.2 Å². The molecule has 0 aliphatic rings. The van der Waals surface area contributed by atoms with Crippen molar-refractivity contribution in [2.45, 2.75) is 26.8 Å². The minimum Gasteiger partial charge on any atom is -0.481 e. The Bertz CT molecular complexity index is 676. The van der Waals surface area contributed by atoms with Crippen LogP contribution in [0.3, 0.4) is 0 Å². The fourth-order valence-electron chi connectivity index (χ4n) is 1.83. The van der Waals surface area contributed by atoms with Gasteiger partial charge in [0.1, 0.15) is 5.82 Å². The van der Waals surface area contributed by atoms with E-state index in [9.17, 15) is 14.3 Å². The maximum absolute atomic E-state index is 13.4. The number of aromatic nitrogens is 4. The van der Waals surface area contributed by atoms with Gasteiger partial charge in [-0.2, -0.15) is 0 Å². The van der Waals surface area contributed by atoms with Gasteiger partial charge in [-0.1, -0.05) is 22.9 Å². The van der Waals surface area contributed by atoms with E-state index in [0.29, 0.717) is 22.3 Å². The van der Waals surface area contributed by atoms with Gasteiger partial charge in [-0.3, -0.25) is 4.79 Å². The molecule has 0 aliphatic carbocycles. The summed E-state index contributed by atoms with van der Waals surface area (Å²) in [5.41, 5.74) is -0.520. The zero-order valence-corrected chi connectivity index (χ0v) is 13.1. The molecule has 1 aromatic carbocycles. The van der Waals surface area contributed by atoms with E-state index in [-0.39, 0.29) is 6.54 Å². The number of aliphatic carboxylic acids is 1. The van der Waals surface area contributed by atoms with Gasteiger partial charge in [-0.15, -0.1) is 5.10 Å². The average molecular weight is 357 g/mol. The fourth-order valence-corrected chi connectivity index (χ4v) is 2.26. The molecule has 8 heteroatoms. The molecule has 2 rings (SSSR count). The van der Waals surface area contributed by atoms with Crippen LogP contribution in [0.5, 0.6) is 0 Å². The lowest BCUT2D eigenvalue weighted by Crippen LogP contribution is -2.32. The number of hydrogen-bond acceptors (Lipinski definition) is 4. The quantitative estimate of drug-likeness (QED) is 0.890. The highest BCUT2D eigenvalue weighted by atomic mass is 79.9. The van der Waals surface area contributed by atoms with Crippen molar-refractivity contribution in [2.75, 3.05) is 0 Å². The zero-order valence-electron chi connectivity index (χ0n) is 11.5. The predicted octanol–water partition coefficient (Wildman–Crippen LogP) is 2.74. The summed E-state index contributed by atoms with van der Waals surface area (Å²) >= 11 is 3.32. The van der Waals surface area contributed by atoms with E-state index in [4.69, 9.17) is 0 Å². The molecule has 1 unspecified atom stereocenters. The molecule has 0 aliphatic heterocycles. The second kappa shape index (κ2) is 5.88. The molecule has 0 radical (unpaired) electrons. The Morgan fingerprint density at radius 1 is 1.52 bits per heavy atom. The third-order valence-electron chi connectivity index (χ3n) is 3.50. The molecule has 6 nitrogen and oxygen atoms in total. The summed E-state index contributed by atoms with van der Waals surface area (Å²) in [4.78, 5) is 11.4. The van der Waals surface area contributed by atoms with Crippen molar-refractivity contribution in [3.63, 3.8) is 0 Å². The number of nitrogens with zero attached hydrogens (tertiary/aromatic N) is 4. The Labute approximate surface area is 129 Å². The topological polar surface area (TPSA) is 80.9 Å². The van der Waals surface area contributed by atoms with Gasteiger partial charge >= 0.3 is 5.97 Å². The first kappa shape index (κ1) is 15.6. The van der Waals surface area contributed by atoms with Crippen LogP contribution in [0.15, 0.2) is 22.7 Å². The van der Waals surface area contributed by atoms with Crippen LogP contribution in [-0.2, 0) is 11.3 Å². The van der Waals surface area contributed by atoms with Crippen molar-refractivity contribution >= 4 is 21.9 Å². The Hall–Kier alpha value is -1.83. The highest BCUT2D eigenvalue weighted by molar-refractivity contribution is 9.10. The van der Waals surface area contributed by atoms with Gasteiger partial charge in [0.05, 0.1) is 12.0 Å². The highest BCUT2D eigenvalue weighted by Crippen LogP contribution is 2.30. The number of tetrazole rings is 1. The molecule has 112 valence electrons. The van der Waals surface area contributed by atoms with E-state index < -0.39 is 17.2 Å².